The number of ether oxygens (including phenoxy) is 2. The fraction of sp³-hybridized carbons (Fsp3) is 0.956. The smallest absolute Gasteiger partial charge is 0.308 e. The van der Waals surface area contributed by atoms with Gasteiger partial charge in [-0.05, 0) is 70.4 Å². The number of hydrogen-bond acceptors (Lipinski definition) is 6. The second kappa shape index (κ2) is 40.1. The molecule has 51 heavy (non-hydrogen) atoms. The maximum absolute atomic E-state index is 12.8. The number of unbranched alkanes of at least 4 members (excludes halogenated alkanes) is 21. The summed E-state index contributed by atoms with van der Waals surface area (Å²) >= 11 is 0. The highest BCUT2D eigenvalue weighted by Crippen LogP contribution is 2.21. The first-order chi connectivity index (χ1) is 25.0. The molecule has 1 N–H and O–H groups in total. The molecule has 0 aromatic rings. The van der Waals surface area contributed by atoms with E-state index in [9.17, 15) is 14.7 Å². The minimum atomic E-state index is -0.0266. The Kier molecular flexibility index (Phi) is 39.2. The molecule has 0 heterocycles. The van der Waals surface area contributed by atoms with E-state index in [2.05, 4.69) is 25.7 Å². The van der Waals surface area contributed by atoms with Crippen molar-refractivity contribution in [2.75, 3.05) is 39.5 Å². The maximum Gasteiger partial charge on any atom is 0.308 e. The van der Waals surface area contributed by atoms with Gasteiger partial charge in [0.05, 0.1) is 19.1 Å². The Labute approximate surface area is 318 Å². The van der Waals surface area contributed by atoms with Crippen molar-refractivity contribution >= 4 is 11.9 Å². The lowest BCUT2D eigenvalue weighted by molar-refractivity contribution is -0.149. The molecular formula is C45H89NO5. The van der Waals surface area contributed by atoms with E-state index in [0.717, 1.165) is 71.0 Å². The molecule has 0 aliphatic rings. The van der Waals surface area contributed by atoms with Gasteiger partial charge in [0, 0.05) is 19.6 Å². The summed E-state index contributed by atoms with van der Waals surface area (Å²) in [5, 5.41) is 9.39. The highest BCUT2D eigenvalue weighted by Gasteiger charge is 2.17. The van der Waals surface area contributed by atoms with Gasteiger partial charge in [0.25, 0.3) is 0 Å². The summed E-state index contributed by atoms with van der Waals surface area (Å²) in [5.74, 6) is 0.492. The van der Waals surface area contributed by atoms with Crippen LogP contribution < -0.4 is 0 Å². The predicted octanol–water partition coefficient (Wildman–Crippen LogP) is 12.8. The molecule has 0 amide bonds. The monoisotopic (exact) mass is 724 g/mol. The highest BCUT2D eigenvalue weighted by molar-refractivity contribution is 5.71. The maximum atomic E-state index is 12.8. The molecule has 0 aromatic heterocycles. The van der Waals surface area contributed by atoms with E-state index in [-0.39, 0.29) is 24.5 Å². The average molecular weight is 724 g/mol. The number of aliphatic hydroxyl groups is 1. The van der Waals surface area contributed by atoms with Crippen molar-refractivity contribution in [2.45, 2.75) is 227 Å². The molecule has 0 aromatic carbocycles. The Hall–Kier alpha value is -1.14. The number of rotatable bonds is 41. The normalized spacial score (nSPS) is 12.2. The Morgan fingerprint density at radius 1 is 0.510 bits per heavy atom. The van der Waals surface area contributed by atoms with Gasteiger partial charge < -0.3 is 19.5 Å². The molecule has 0 aliphatic carbocycles. The van der Waals surface area contributed by atoms with Crippen molar-refractivity contribution in [3.8, 4) is 0 Å². The van der Waals surface area contributed by atoms with Gasteiger partial charge in [-0.25, -0.2) is 0 Å². The molecule has 0 bridgehead atoms. The molecule has 6 heteroatoms. The number of aliphatic hydroxyl groups excluding tert-OH is 1. The van der Waals surface area contributed by atoms with Crippen molar-refractivity contribution in [2.24, 2.45) is 11.8 Å². The van der Waals surface area contributed by atoms with Gasteiger partial charge in [0.2, 0.25) is 0 Å². The zero-order valence-corrected chi connectivity index (χ0v) is 34.8. The highest BCUT2D eigenvalue weighted by atomic mass is 16.5. The van der Waals surface area contributed by atoms with Crippen LogP contribution in [0.1, 0.15) is 227 Å². The SMILES string of the molecule is CCCCCCCCCOC(=O)CCCCCCCN(CCCO)CCCCCCC(C)C(=O)OCC(CCCCCCC)CCCCCCC. The first-order valence-corrected chi connectivity index (χ1v) is 22.6. The van der Waals surface area contributed by atoms with Crippen LogP contribution in [0.5, 0.6) is 0 Å². The minimum Gasteiger partial charge on any atom is -0.466 e. The first-order valence-electron chi connectivity index (χ1n) is 22.6. The zero-order valence-electron chi connectivity index (χ0n) is 34.8. The topological polar surface area (TPSA) is 76.1 Å². The predicted molar refractivity (Wildman–Crippen MR) is 218 cm³/mol. The number of nitrogens with zero attached hydrogens (tertiary/aromatic N) is 1. The van der Waals surface area contributed by atoms with E-state index in [1.165, 1.54) is 141 Å². The lowest BCUT2D eigenvalue weighted by Crippen LogP contribution is -2.28. The largest absolute Gasteiger partial charge is 0.466 e. The number of esters is 2. The Morgan fingerprint density at radius 3 is 1.47 bits per heavy atom. The van der Waals surface area contributed by atoms with Gasteiger partial charge in [-0.1, -0.05) is 169 Å². The number of carbonyl (C=O) groups excluding carboxylic acids is 2. The standard InChI is InChI=1S/C45H89NO5/c1-5-8-11-14-15-23-30-40-50-44(48)35-27-19-16-21-28-36-46(38-31-39-47)37-29-22-20-24-32-42(4)45(49)51-41-43(33-25-17-12-9-6-2)34-26-18-13-10-7-3/h42-43,47H,5-41H2,1-4H3. The van der Waals surface area contributed by atoms with E-state index in [4.69, 9.17) is 9.47 Å². The van der Waals surface area contributed by atoms with Crippen LogP contribution in [-0.2, 0) is 19.1 Å². The molecule has 0 rings (SSSR count). The average Bonchev–Trinajstić information content (AvgIpc) is 3.13. The third-order valence-electron chi connectivity index (χ3n) is 10.7. The quantitative estimate of drug-likeness (QED) is 0.0500. The molecule has 0 fully saturated rings. The fourth-order valence-electron chi connectivity index (χ4n) is 7.07. The molecule has 0 saturated carbocycles. The lowest BCUT2D eigenvalue weighted by Gasteiger charge is -2.22. The van der Waals surface area contributed by atoms with Crippen LogP contribution in [-0.4, -0.2) is 61.4 Å². The van der Waals surface area contributed by atoms with Crippen LogP contribution in [0.4, 0.5) is 0 Å². The molecule has 0 saturated heterocycles. The summed E-state index contributed by atoms with van der Waals surface area (Å²) in [6, 6.07) is 0. The summed E-state index contributed by atoms with van der Waals surface area (Å²) < 4.78 is 11.3. The first kappa shape index (κ1) is 49.9. The van der Waals surface area contributed by atoms with Gasteiger partial charge >= 0.3 is 11.9 Å². The molecule has 0 spiro atoms. The fourth-order valence-corrected chi connectivity index (χ4v) is 7.07. The molecule has 0 radical (unpaired) electrons. The second-order valence-corrected chi connectivity index (χ2v) is 15.8. The number of carbonyl (C=O) groups is 2. The third-order valence-corrected chi connectivity index (χ3v) is 10.7. The van der Waals surface area contributed by atoms with Crippen molar-refractivity contribution < 1.29 is 24.2 Å². The molecule has 1 atom stereocenters. The Morgan fingerprint density at radius 2 is 0.941 bits per heavy atom. The van der Waals surface area contributed by atoms with Crippen LogP contribution in [0.15, 0.2) is 0 Å². The summed E-state index contributed by atoms with van der Waals surface area (Å²) in [7, 11) is 0. The van der Waals surface area contributed by atoms with E-state index >= 15 is 0 Å². The van der Waals surface area contributed by atoms with Crippen molar-refractivity contribution in [3.05, 3.63) is 0 Å². The molecule has 304 valence electrons. The molecule has 0 aliphatic heterocycles. The van der Waals surface area contributed by atoms with E-state index in [0.29, 0.717) is 25.6 Å². The molecule has 6 nitrogen and oxygen atoms in total. The van der Waals surface area contributed by atoms with Gasteiger partial charge in [-0.15, -0.1) is 0 Å². The molecule has 1 unspecified atom stereocenters. The van der Waals surface area contributed by atoms with Gasteiger partial charge in [0.1, 0.15) is 0 Å². The van der Waals surface area contributed by atoms with Crippen LogP contribution >= 0.6 is 0 Å². The Balaban J connectivity index is 4.06. The third kappa shape index (κ3) is 35.6. The van der Waals surface area contributed by atoms with Crippen molar-refractivity contribution in [1.82, 2.24) is 4.90 Å². The summed E-state index contributed by atoms with van der Waals surface area (Å²) in [5.41, 5.74) is 0. The van der Waals surface area contributed by atoms with Crippen LogP contribution in [0, 0.1) is 11.8 Å². The van der Waals surface area contributed by atoms with E-state index < -0.39 is 0 Å². The van der Waals surface area contributed by atoms with Crippen molar-refractivity contribution in [3.63, 3.8) is 0 Å². The summed E-state index contributed by atoms with van der Waals surface area (Å²) in [6.45, 7) is 13.4. The van der Waals surface area contributed by atoms with Crippen LogP contribution in [0.25, 0.3) is 0 Å². The van der Waals surface area contributed by atoms with Gasteiger partial charge in [0.15, 0.2) is 0 Å². The molecular weight excluding hydrogens is 634 g/mol. The summed E-state index contributed by atoms with van der Waals surface area (Å²) in [4.78, 5) is 27.3. The summed E-state index contributed by atoms with van der Waals surface area (Å²) in [6.07, 6.45) is 36.6. The van der Waals surface area contributed by atoms with E-state index in [1.807, 2.05) is 6.92 Å². The zero-order chi connectivity index (χ0) is 37.5. The van der Waals surface area contributed by atoms with Crippen LogP contribution in [0.2, 0.25) is 0 Å². The minimum absolute atomic E-state index is 0.00544. The number of hydrogen-bond donors (Lipinski definition) is 1. The van der Waals surface area contributed by atoms with Gasteiger partial charge in [-0.2, -0.15) is 0 Å². The Bertz CT molecular complexity index is 717. The van der Waals surface area contributed by atoms with Gasteiger partial charge in [-0.3, -0.25) is 9.59 Å². The van der Waals surface area contributed by atoms with E-state index in [1.54, 1.807) is 0 Å². The second-order valence-electron chi connectivity index (χ2n) is 15.8. The lowest BCUT2D eigenvalue weighted by atomic mass is 9.95. The van der Waals surface area contributed by atoms with Crippen molar-refractivity contribution in [1.29, 1.82) is 0 Å². The van der Waals surface area contributed by atoms with Crippen LogP contribution in [0.3, 0.4) is 0 Å².